The van der Waals surface area contributed by atoms with E-state index in [-0.39, 0.29) is 16.5 Å². The third-order valence-electron chi connectivity index (χ3n) is 6.68. The van der Waals surface area contributed by atoms with Crippen LogP contribution in [0.25, 0.3) is 11.0 Å². The smallest absolute Gasteiger partial charge is 0.263 e. The number of rotatable bonds is 10. The van der Waals surface area contributed by atoms with Gasteiger partial charge in [-0.15, -0.1) is 0 Å². The zero-order valence-corrected chi connectivity index (χ0v) is 22.9. The fourth-order valence-electron chi connectivity index (χ4n) is 4.77. The fraction of sp³-hybridized carbons (Fsp3) is 0.250. The van der Waals surface area contributed by atoms with E-state index in [1.165, 1.54) is 26.4 Å². The summed E-state index contributed by atoms with van der Waals surface area (Å²) >= 11 is 0. The molecule has 0 spiro atoms. The molecule has 12 heteroatoms. The molecule has 0 saturated carbocycles. The molecule has 1 aliphatic rings. The molecule has 3 aromatic carbocycles. The lowest BCUT2D eigenvalue weighted by atomic mass is 10.1. The van der Waals surface area contributed by atoms with Crippen molar-refractivity contribution >= 4 is 44.3 Å². The van der Waals surface area contributed by atoms with Crippen LogP contribution in [-0.4, -0.2) is 56.5 Å². The number of aromatic nitrogens is 2. The van der Waals surface area contributed by atoms with E-state index in [0.717, 1.165) is 25.9 Å². The molecule has 11 nitrogen and oxygen atoms in total. The number of amides is 1. The van der Waals surface area contributed by atoms with Gasteiger partial charge in [0, 0.05) is 23.9 Å². The number of hydrogen-bond acceptors (Lipinski definition) is 9. The molecule has 4 N–H and O–H groups in total. The second-order valence-corrected chi connectivity index (χ2v) is 11.0. The summed E-state index contributed by atoms with van der Waals surface area (Å²) in [6.45, 7) is 1.44. The molecule has 2 heterocycles. The number of nitrogens with two attached hydrogens (primary N) is 1. The molecular weight excluding hydrogens is 532 g/mol. The highest BCUT2D eigenvalue weighted by atomic mass is 32.2. The summed E-state index contributed by atoms with van der Waals surface area (Å²) in [5.41, 5.74) is 7.87. The molecule has 208 valence electrons. The molecule has 0 bridgehead atoms. The van der Waals surface area contributed by atoms with Crippen molar-refractivity contribution in [2.75, 3.05) is 37.3 Å². The minimum Gasteiger partial charge on any atom is -0.497 e. The van der Waals surface area contributed by atoms with Gasteiger partial charge in [-0.05, 0) is 55.8 Å². The summed E-state index contributed by atoms with van der Waals surface area (Å²) in [5.74, 6) is 0.732. The number of likely N-dealkylation sites (tertiary alicyclic amines) is 1. The average molecular weight is 563 g/mol. The van der Waals surface area contributed by atoms with Crippen LogP contribution in [0.15, 0.2) is 71.6 Å². The first-order valence-electron chi connectivity index (χ1n) is 12.7. The highest BCUT2D eigenvalue weighted by Crippen LogP contribution is 2.32. The number of nitrogens with one attached hydrogen (secondary N) is 2. The number of methoxy groups -OCH3 is 2. The van der Waals surface area contributed by atoms with E-state index in [9.17, 15) is 13.2 Å². The van der Waals surface area contributed by atoms with Gasteiger partial charge in [-0.1, -0.05) is 24.3 Å². The number of hydrogen-bond donors (Lipinski definition) is 3. The number of nitrogens with zero attached hydrogens (tertiary/aromatic N) is 3. The monoisotopic (exact) mass is 562 g/mol. The number of fused-ring (bicyclic) bond motifs is 1. The summed E-state index contributed by atoms with van der Waals surface area (Å²) < 4.78 is 40.6. The lowest BCUT2D eigenvalue weighted by molar-refractivity contribution is -0.123. The normalized spacial score (nSPS) is 14.6. The molecule has 40 heavy (non-hydrogen) atoms. The van der Waals surface area contributed by atoms with Gasteiger partial charge < -0.3 is 20.5 Å². The number of anilines is 3. The SMILES string of the molecule is COc1cc(Nc2nc3ccccc3nc2NS(=O)(=O)c2cccc(C(C(N)=O)N3CCCC3)c2)cc(OC)c1. The average Bonchev–Trinajstić information content (AvgIpc) is 3.47. The maximum atomic E-state index is 13.6. The number of para-hydroxylation sites is 2. The van der Waals surface area contributed by atoms with E-state index in [4.69, 9.17) is 15.2 Å². The molecule has 1 saturated heterocycles. The Kier molecular flexibility index (Phi) is 7.71. The summed E-state index contributed by atoms with van der Waals surface area (Å²) in [7, 11) is -1.07. The minimum absolute atomic E-state index is 0.00289. The lowest BCUT2D eigenvalue weighted by Gasteiger charge is -2.25. The van der Waals surface area contributed by atoms with Crippen LogP contribution in [0.2, 0.25) is 0 Å². The minimum atomic E-state index is -4.14. The third-order valence-corrected chi connectivity index (χ3v) is 8.01. The van der Waals surface area contributed by atoms with Crippen LogP contribution in [0.1, 0.15) is 24.4 Å². The Morgan fingerprint density at radius 1 is 0.900 bits per heavy atom. The van der Waals surface area contributed by atoms with Gasteiger partial charge >= 0.3 is 0 Å². The van der Waals surface area contributed by atoms with Crippen molar-refractivity contribution in [3.8, 4) is 11.5 Å². The fourth-order valence-corrected chi connectivity index (χ4v) is 5.83. The summed E-state index contributed by atoms with van der Waals surface area (Å²) in [4.78, 5) is 23.5. The van der Waals surface area contributed by atoms with E-state index >= 15 is 0 Å². The van der Waals surface area contributed by atoms with Crippen molar-refractivity contribution in [3.63, 3.8) is 0 Å². The van der Waals surface area contributed by atoms with Crippen molar-refractivity contribution < 1.29 is 22.7 Å². The lowest BCUT2D eigenvalue weighted by Crippen LogP contribution is -2.36. The van der Waals surface area contributed by atoms with E-state index in [2.05, 4.69) is 20.0 Å². The van der Waals surface area contributed by atoms with Gasteiger partial charge in [-0.3, -0.25) is 14.4 Å². The van der Waals surface area contributed by atoms with Gasteiger partial charge in [0.15, 0.2) is 11.6 Å². The number of carbonyl (C=O) groups excluding carboxylic acids is 1. The van der Waals surface area contributed by atoms with Crippen LogP contribution in [0.5, 0.6) is 11.5 Å². The summed E-state index contributed by atoms with van der Waals surface area (Å²) in [5, 5.41) is 3.14. The van der Waals surface area contributed by atoms with Crippen molar-refractivity contribution in [3.05, 3.63) is 72.3 Å². The Morgan fingerprint density at radius 2 is 1.52 bits per heavy atom. The van der Waals surface area contributed by atoms with Crippen LogP contribution in [0, 0.1) is 0 Å². The van der Waals surface area contributed by atoms with Gasteiger partial charge in [0.25, 0.3) is 10.0 Å². The maximum absolute atomic E-state index is 13.6. The standard InChI is InChI=1S/C28H30N6O5S/c1-38-20-15-19(16-21(17-20)39-2)30-27-28(32-24-11-4-3-10-23(24)31-27)33-40(36,37)22-9-7-8-18(14-22)25(26(29)35)34-12-5-6-13-34/h3-4,7-11,14-17,25H,5-6,12-13H2,1-2H3,(H2,29,35)(H,30,31)(H,32,33). The zero-order valence-electron chi connectivity index (χ0n) is 22.1. The number of primary amides is 1. The van der Waals surface area contributed by atoms with E-state index < -0.39 is 22.0 Å². The largest absolute Gasteiger partial charge is 0.497 e. The Bertz CT molecular complexity index is 1630. The molecule has 1 amide bonds. The molecular formula is C28H30N6O5S. The van der Waals surface area contributed by atoms with Crippen molar-refractivity contribution in [1.29, 1.82) is 0 Å². The van der Waals surface area contributed by atoms with Crippen LogP contribution in [0.4, 0.5) is 17.3 Å². The molecule has 1 atom stereocenters. The Balaban J connectivity index is 1.52. The Labute approximate surface area is 232 Å². The highest BCUT2D eigenvalue weighted by Gasteiger charge is 2.29. The number of benzene rings is 3. The van der Waals surface area contributed by atoms with Crippen LogP contribution < -0.4 is 25.2 Å². The van der Waals surface area contributed by atoms with Gasteiger partial charge in [-0.25, -0.2) is 18.4 Å². The molecule has 4 aromatic rings. The summed E-state index contributed by atoms with van der Waals surface area (Å²) in [6, 6.07) is 17.8. The summed E-state index contributed by atoms with van der Waals surface area (Å²) in [6.07, 6.45) is 1.91. The first-order valence-corrected chi connectivity index (χ1v) is 14.2. The molecule has 1 fully saturated rings. The van der Waals surface area contributed by atoms with Crippen LogP contribution >= 0.6 is 0 Å². The van der Waals surface area contributed by atoms with Gasteiger partial charge in [0.05, 0.1) is 30.1 Å². The highest BCUT2D eigenvalue weighted by molar-refractivity contribution is 7.92. The van der Waals surface area contributed by atoms with Gasteiger partial charge in [0.2, 0.25) is 5.91 Å². The van der Waals surface area contributed by atoms with Gasteiger partial charge in [0.1, 0.15) is 17.5 Å². The quantitative estimate of drug-likeness (QED) is 0.262. The predicted octanol–water partition coefficient (Wildman–Crippen LogP) is 3.81. The second-order valence-electron chi connectivity index (χ2n) is 9.36. The molecule has 1 unspecified atom stereocenters. The van der Waals surface area contributed by atoms with E-state index in [1.54, 1.807) is 48.5 Å². The first kappa shape index (κ1) is 27.2. The Morgan fingerprint density at radius 3 is 2.12 bits per heavy atom. The van der Waals surface area contributed by atoms with Crippen molar-refractivity contribution in [2.24, 2.45) is 5.73 Å². The maximum Gasteiger partial charge on any atom is 0.263 e. The predicted molar refractivity (Wildman–Crippen MR) is 152 cm³/mol. The third kappa shape index (κ3) is 5.77. The number of carbonyl (C=O) groups is 1. The van der Waals surface area contributed by atoms with Crippen LogP contribution in [0.3, 0.4) is 0 Å². The molecule has 1 aliphatic heterocycles. The second kappa shape index (κ2) is 11.4. The topological polar surface area (TPSA) is 149 Å². The molecule has 1 aromatic heterocycles. The van der Waals surface area contributed by atoms with Crippen molar-refractivity contribution in [2.45, 2.75) is 23.8 Å². The zero-order chi connectivity index (χ0) is 28.3. The molecule has 0 radical (unpaired) electrons. The first-order chi connectivity index (χ1) is 19.3. The van der Waals surface area contributed by atoms with Gasteiger partial charge in [-0.2, -0.15) is 0 Å². The molecule has 0 aliphatic carbocycles. The van der Waals surface area contributed by atoms with Crippen LogP contribution in [-0.2, 0) is 14.8 Å². The molecule has 5 rings (SSSR count). The van der Waals surface area contributed by atoms with E-state index in [1.807, 2.05) is 11.0 Å². The number of ether oxygens (including phenoxy) is 2. The Hall–Kier alpha value is -4.42. The number of sulfonamides is 1. The van der Waals surface area contributed by atoms with Crippen molar-refractivity contribution in [1.82, 2.24) is 14.9 Å². The van der Waals surface area contributed by atoms with E-state index in [0.29, 0.717) is 33.8 Å².